The lowest BCUT2D eigenvalue weighted by molar-refractivity contribution is 0.236. The van der Waals surface area contributed by atoms with Crippen LogP contribution in [0.4, 0.5) is 5.69 Å². The fraction of sp³-hybridized carbons (Fsp3) is 0.217. The number of para-hydroxylation sites is 1. The van der Waals surface area contributed by atoms with Crippen molar-refractivity contribution in [3.8, 4) is 11.4 Å². The van der Waals surface area contributed by atoms with E-state index in [-0.39, 0.29) is 5.56 Å². The molecule has 1 aliphatic heterocycles. The number of hydrogen-bond donors (Lipinski definition) is 2. The Kier molecular flexibility index (Phi) is 4.21. The van der Waals surface area contributed by atoms with Gasteiger partial charge in [-0.15, -0.1) is 0 Å². The first-order valence-corrected chi connectivity index (χ1v) is 9.82. The molecule has 3 N–H and O–H groups in total. The van der Waals surface area contributed by atoms with Gasteiger partial charge in [0.1, 0.15) is 5.82 Å². The molecule has 2 aromatic carbocycles. The normalized spacial score (nSPS) is 14.2. The molecule has 0 bridgehead atoms. The minimum Gasteiger partial charge on any atom is -0.399 e. The van der Waals surface area contributed by atoms with Gasteiger partial charge in [-0.05, 0) is 48.2 Å². The Balaban J connectivity index is 1.44. The second-order valence-electron chi connectivity index (χ2n) is 7.68. The van der Waals surface area contributed by atoms with Gasteiger partial charge in [0.2, 0.25) is 0 Å². The number of nitrogens with one attached hydrogen (secondary N) is 1. The van der Waals surface area contributed by atoms with Crippen molar-refractivity contribution in [2.45, 2.75) is 19.5 Å². The van der Waals surface area contributed by atoms with Crippen LogP contribution in [0.25, 0.3) is 22.3 Å². The van der Waals surface area contributed by atoms with Crippen LogP contribution in [0.2, 0.25) is 0 Å². The molecule has 5 rings (SSSR count). The average molecular weight is 385 g/mol. The topological polar surface area (TPSA) is 79.9 Å². The van der Waals surface area contributed by atoms with E-state index < -0.39 is 0 Å². The zero-order valence-corrected chi connectivity index (χ0v) is 16.4. The highest BCUT2D eigenvalue weighted by Crippen LogP contribution is 2.23. The zero-order chi connectivity index (χ0) is 20.0. The fourth-order valence-corrected chi connectivity index (χ4v) is 4.13. The molecule has 0 fully saturated rings. The molecule has 0 saturated heterocycles. The zero-order valence-electron chi connectivity index (χ0n) is 16.4. The number of aromatic amines is 1. The Labute approximate surface area is 168 Å². The predicted octanol–water partition coefficient (Wildman–Crippen LogP) is 3.07. The van der Waals surface area contributed by atoms with Crippen molar-refractivity contribution >= 4 is 16.6 Å². The largest absolute Gasteiger partial charge is 0.399 e. The number of H-pyrrole nitrogens is 1. The van der Waals surface area contributed by atoms with E-state index in [9.17, 15) is 4.79 Å². The molecule has 6 nitrogen and oxygen atoms in total. The Morgan fingerprint density at radius 3 is 2.72 bits per heavy atom. The van der Waals surface area contributed by atoms with Crippen molar-refractivity contribution in [2.24, 2.45) is 7.05 Å². The van der Waals surface area contributed by atoms with Crippen LogP contribution >= 0.6 is 0 Å². The SMILES string of the molecule is Cn1c(CN2CCc3c(nc(-c4ccc(N)cc4)[nH]c3=O)C2)cc2ccccc21. The summed E-state index contributed by atoms with van der Waals surface area (Å²) in [7, 11) is 2.11. The van der Waals surface area contributed by atoms with Crippen molar-refractivity contribution in [3.63, 3.8) is 0 Å². The van der Waals surface area contributed by atoms with E-state index in [4.69, 9.17) is 10.7 Å². The highest BCUT2D eigenvalue weighted by atomic mass is 16.1. The van der Waals surface area contributed by atoms with Crippen LogP contribution in [0.15, 0.2) is 59.4 Å². The monoisotopic (exact) mass is 385 g/mol. The number of anilines is 1. The summed E-state index contributed by atoms with van der Waals surface area (Å²) >= 11 is 0. The van der Waals surface area contributed by atoms with Crippen LogP contribution in [-0.2, 0) is 26.6 Å². The Morgan fingerprint density at radius 2 is 1.93 bits per heavy atom. The van der Waals surface area contributed by atoms with Gasteiger partial charge >= 0.3 is 0 Å². The summed E-state index contributed by atoms with van der Waals surface area (Å²) in [5.74, 6) is 0.597. The minimum atomic E-state index is -0.0360. The molecule has 2 aromatic heterocycles. The molecule has 3 heterocycles. The highest BCUT2D eigenvalue weighted by Gasteiger charge is 2.22. The maximum atomic E-state index is 12.6. The van der Waals surface area contributed by atoms with Crippen LogP contribution in [0.3, 0.4) is 0 Å². The van der Waals surface area contributed by atoms with Gasteiger partial charge in [-0.2, -0.15) is 0 Å². The maximum absolute atomic E-state index is 12.6. The third-order valence-corrected chi connectivity index (χ3v) is 5.77. The predicted molar refractivity (Wildman–Crippen MR) is 115 cm³/mol. The quantitative estimate of drug-likeness (QED) is 0.531. The van der Waals surface area contributed by atoms with E-state index in [0.717, 1.165) is 29.9 Å². The second-order valence-corrected chi connectivity index (χ2v) is 7.68. The number of aromatic nitrogens is 3. The number of nitrogens with zero attached hydrogens (tertiary/aromatic N) is 3. The van der Waals surface area contributed by atoms with E-state index in [1.54, 1.807) is 0 Å². The summed E-state index contributed by atoms with van der Waals surface area (Å²) in [5, 5.41) is 1.25. The van der Waals surface area contributed by atoms with Gasteiger partial charge in [-0.3, -0.25) is 9.69 Å². The van der Waals surface area contributed by atoms with Crippen molar-refractivity contribution < 1.29 is 0 Å². The van der Waals surface area contributed by atoms with E-state index in [1.807, 2.05) is 24.3 Å². The van der Waals surface area contributed by atoms with Gasteiger partial charge in [0.05, 0.1) is 5.69 Å². The molecule has 0 saturated carbocycles. The number of aryl methyl sites for hydroxylation is 1. The van der Waals surface area contributed by atoms with E-state index in [1.165, 1.54) is 16.6 Å². The molecule has 29 heavy (non-hydrogen) atoms. The van der Waals surface area contributed by atoms with Gasteiger partial charge in [0.15, 0.2) is 0 Å². The number of nitrogens with two attached hydrogens (primary N) is 1. The summed E-state index contributed by atoms with van der Waals surface area (Å²) in [6, 6.07) is 18.1. The molecular formula is C23H23N5O. The first-order chi connectivity index (χ1) is 14.1. The molecule has 0 aliphatic carbocycles. The molecule has 146 valence electrons. The lowest BCUT2D eigenvalue weighted by atomic mass is 10.1. The molecular weight excluding hydrogens is 362 g/mol. The average Bonchev–Trinajstić information content (AvgIpc) is 3.04. The number of hydrogen-bond acceptors (Lipinski definition) is 4. The molecule has 0 amide bonds. The van der Waals surface area contributed by atoms with Gasteiger partial charge in [-0.25, -0.2) is 4.98 Å². The van der Waals surface area contributed by atoms with Crippen molar-refractivity contribution in [3.05, 3.63) is 81.9 Å². The lowest BCUT2D eigenvalue weighted by Gasteiger charge is -2.27. The standard InChI is InChI=1S/C23H23N5O/c1-27-18(12-16-4-2-3-5-21(16)27)13-28-11-10-19-20(14-28)25-22(26-23(19)29)15-6-8-17(24)9-7-15/h2-9,12H,10-11,13-14,24H2,1H3,(H,25,26,29). The van der Waals surface area contributed by atoms with Crippen LogP contribution in [0.1, 0.15) is 17.0 Å². The van der Waals surface area contributed by atoms with Crippen molar-refractivity contribution in [2.75, 3.05) is 12.3 Å². The Hall–Kier alpha value is -3.38. The molecule has 0 unspecified atom stereocenters. The Bertz CT molecular complexity index is 1250. The number of fused-ring (bicyclic) bond motifs is 2. The minimum absolute atomic E-state index is 0.0360. The maximum Gasteiger partial charge on any atom is 0.254 e. The van der Waals surface area contributed by atoms with Crippen molar-refractivity contribution in [1.82, 2.24) is 19.4 Å². The summed E-state index contributed by atoms with van der Waals surface area (Å²) < 4.78 is 2.25. The van der Waals surface area contributed by atoms with Gasteiger partial charge < -0.3 is 15.3 Å². The van der Waals surface area contributed by atoms with E-state index in [2.05, 4.69) is 51.8 Å². The number of benzene rings is 2. The third-order valence-electron chi connectivity index (χ3n) is 5.77. The summed E-state index contributed by atoms with van der Waals surface area (Å²) in [5.41, 5.74) is 11.5. The Morgan fingerprint density at radius 1 is 1.14 bits per heavy atom. The van der Waals surface area contributed by atoms with E-state index in [0.29, 0.717) is 24.5 Å². The van der Waals surface area contributed by atoms with Crippen LogP contribution < -0.4 is 11.3 Å². The lowest BCUT2D eigenvalue weighted by Crippen LogP contribution is -2.35. The van der Waals surface area contributed by atoms with Crippen molar-refractivity contribution in [1.29, 1.82) is 0 Å². The number of nitrogen functional groups attached to an aromatic ring is 1. The van der Waals surface area contributed by atoms with Crippen LogP contribution in [-0.4, -0.2) is 26.0 Å². The molecule has 0 spiro atoms. The van der Waals surface area contributed by atoms with Crippen LogP contribution in [0, 0.1) is 0 Å². The second kappa shape index (κ2) is 6.90. The van der Waals surface area contributed by atoms with Gasteiger partial charge in [-0.1, -0.05) is 18.2 Å². The van der Waals surface area contributed by atoms with E-state index >= 15 is 0 Å². The summed E-state index contributed by atoms with van der Waals surface area (Å²) in [6.45, 7) is 2.35. The molecule has 0 atom stereocenters. The number of rotatable bonds is 3. The third kappa shape index (κ3) is 3.21. The van der Waals surface area contributed by atoms with Gasteiger partial charge in [0, 0.05) is 54.7 Å². The van der Waals surface area contributed by atoms with Crippen LogP contribution in [0.5, 0.6) is 0 Å². The molecule has 1 aliphatic rings. The fourth-order valence-electron chi connectivity index (χ4n) is 4.13. The highest BCUT2D eigenvalue weighted by molar-refractivity contribution is 5.81. The molecule has 6 heteroatoms. The first-order valence-electron chi connectivity index (χ1n) is 9.82. The summed E-state index contributed by atoms with van der Waals surface area (Å²) in [4.78, 5) is 22.7. The molecule has 4 aromatic rings. The smallest absolute Gasteiger partial charge is 0.254 e. The molecule has 0 radical (unpaired) electrons. The first kappa shape index (κ1) is 17.7. The summed E-state index contributed by atoms with van der Waals surface area (Å²) in [6.07, 6.45) is 0.712. The van der Waals surface area contributed by atoms with Gasteiger partial charge in [0.25, 0.3) is 5.56 Å².